The number of rotatable bonds is 4. The second-order valence-electron chi connectivity index (χ2n) is 7.25. The molecule has 4 N–H and O–H groups in total. The summed E-state index contributed by atoms with van der Waals surface area (Å²) < 4.78 is 14.3. The first-order valence-electron chi connectivity index (χ1n) is 9.67. The van der Waals surface area contributed by atoms with Gasteiger partial charge in [-0.2, -0.15) is 4.98 Å². The van der Waals surface area contributed by atoms with Crippen molar-refractivity contribution >= 4 is 17.5 Å². The number of aromatic nitrogens is 2. The van der Waals surface area contributed by atoms with Gasteiger partial charge in [-0.3, -0.25) is 4.79 Å². The zero-order chi connectivity index (χ0) is 21.3. The van der Waals surface area contributed by atoms with Gasteiger partial charge < -0.3 is 21.1 Å². The number of phenols is 1. The maximum Gasteiger partial charge on any atom is 0.222 e. The molecular weight excluding hydrogens is 385 g/mol. The third kappa shape index (κ3) is 3.95. The number of piperazine rings is 1. The number of carbonyl (C=O) groups is 1. The molecule has 0 atom stereocenters. The molecule has 1 aliphatic rings. The highest BCUT2D eigenvalue weighted by molar-refractivity contribution is 6.10. The van der Waals surface area contributed by atoms with Gasteiger partial charge >= 0.3 is 0 Å². The Bertz CT molecular complexity index is 1110. The molecule has 3 aromatic rings. The highest BCUT2D eigenvalue weighted by Gasteiger charge is 2.19. The van der Waals surface area contributed by atoms with Gasteiger partial charge in [0.25, 0.3) is 0 Å². The van der Waals surface area contributed by atoms with Crippen molar-refractivity contribution in [2.45, 2.75) is 6.92 Å². The summed E-state index contributed by atoms with van der Waals surface area (Å²) >= 11 is 0. The van der Waals surface area contributed by atoms with Crippen molar-refractivity contribution in [3.05, 3.63) is 65.0 Å². The van der Waals surface area contributed by atoms with E-state index < -0.39 is 11.6 Å². The molecule has 30 heavy (non-hydrogen) atoms. The van der Waals surface area contributed by atoms with Crippen LogP contribution in [0.25, 0.3) is 11.3 Å². The number of halogens is 1. The van der Waals surface area contributed by atoms with Crippen molar-refractivity contribution in [2.75, 3.05) is 36.8 Å². The van der Waals surface area contributed by atoms with Gasteiger partial charge in [-0.15, -0.1) is 0 Å². The molecule has 0 radical (unpaired) electrons. The summed E-state index contributed by atoms with van der Waals surface area (Å²) in [4.78, 5) is 23.5. The van der Waals surface area contributed by atoms with E-state index in [0.717, 1.165) is 31.7 Å². The number of aromatic hydroxyl groups is 1. The number of hydrogen-bond donors (Lipinski definition) is 3. The monoisotopic (exact) mass is 407 g/mol. The van der Waals surface area contributed by atoms with Crippen molar-refractivity contribution in [1.29, 1.82) is 0 Å². The molecule has 1 aromatic heterocycles. The summed E-state index contributed by atoms with van der Waals surface area (Å²) in [5.74, 6) is -0.387. The molecule has 4 rings (SSSR count). The third-order valence-electron chi connectivity index (χ3n) is 5.07. The van der Waals surface area contributed by atoms with E-state index in [1.54, 1.807) is 19.1 Å². The van der Waals surface area contributed by atoms with Gasteiger partial charge in [-0.05, 0) is 42.8 Å². The number of nitrogens with two attached hydrogens (primary N) is 1. The Morgan fingerprint density at radius 3 is 2.63 bits per heavy atom. The predicted octanol–water partition coefficient (Wildman–Crippen LogP) is 2.52. The van der Waals surface area contributed by atoms with E-state index in [2.05, 4.69) is 20.2 Å². The van der Waals surface area contributed by atoms with Gasteiger partial charge in [0.05, 0.1) is 11.3 Å². The van der Waals surface area contributed by atoms with E-state index >= 15 is 0 Å². The lowest BCUT2D eigenvalue weighted by atomic mass is 9.98. The zero-order valence-corrected chi connectivity index (χ0v) is 16.5. The molecule has 1 saturated heterocycles. The van der Waals surface area contributed by atoms with E-state index in [1.165, 1.54) is 30.3 Å². The Morgan fingerprint density at radius 2 is 1.90 bits per heavy atom. The van der Waals surface area contributed by atoms with Crippen LogP contribution in [0, 0.1) is 12.7 Å². The molecule has 0 bridgehead atoms. The number of nitrogens with zero attached hydrogens (tertiary/aromatic N) is 3. The summed E-state index contributed by atoms with van der Waals surface area (Å²) in [5, 5.41) is 13.7. The molecule has 0 unspecified atom stereocenters. The lowest BCUT2D eigenvalue weighted by Crippen LogP contribution is -2.44. The number of phenolic OH excluding ortho intramolecular Hbond substituents is 1. The zero-order valence-electron chi connectivity index (χ0n) is 16.5. The average Bonchev–Trinajstić information content (AvgIpc) is 2.74. The van der Waals surface area contributed by atoms with Crippen LogP contribution in [0.15, 0.2) is 42.5 Å². The smallest absolute Gasteiger partial charge is 0.222 e. The van der Waals surface area contributed by atoms with Crippen molar-refractivity contribution in [1.82, 2.24) is 15.3 Å². The van der Waals surface area contributed by atoms with Gasteiger partial charge in [0.2, 0.25) is 5.95 Å². The number of benzene rings is 2. The summed E-state index contributed by atoms with van der Waals surface area (Å²) in [5.41, 5.74) is 7.59. The quantitative estimate of drug-likeness (QED) is 0.571. The highest BCUT2D eigenvalue weighted by Crippen LogP contribution is 2.32. The fourth-order valence-electron chi connectivity index (χ4n) is 3.49. The molecule has 2 aromatic carbocycles. The Balaban J connectivity index is 1.73. The highest BCUT2D eigenvalue weighted by atomic mass is 19.1. The second kappa shape index (κ2) is 8.08. The van der Waals surface area contributed by atoms with E-state index in [-0.39, 0.29) is 22.8 Å². The van der Waals surface area contributed by atoms with E-state index in [1.807, 2.05) is 0 Å². The molecule has 0 spiro atoms. The van der Waals surface area contributed by atoms with E-state index in [0.29, 0.717) is 17.1 Å². The molecule has 0 amide bonds. The first kappa shape index (κ1) is 19.8. The Hall–Kier alpha value is -3.52. The second-order valence-corrected chi connectivity index (χ2v) is 7.25. The Kier molecular flexibility index (Phi) is 5.33. The first-order valence-corrected chi connectivity index (χ1v) is 9.67. The van der Waals surface area contributed by atoms with Crippen molar-refractivity contribution < 1.29 is 14.3 Å². The fraction of sp³-hybridized carbons (Fsp3) is 0.227. The number of hydrogen-bond acceptors (Lipinski definition) is 7. The van der Waals surface area contributed by atoms with Crippen molar-refractivity contribution in [3.63, 3.8) is 0 Å². The summed E-state index contributed by atoms with van der Waals surface area (Å²) in [6.07, 6.45) is 0. The largest absolute Gasteiger partial charge is 0.507 e. The topological polar surface area (TPSA) is 104 Å². The molecule has 2 heterocycles. The molecular formula is C22H22FN5O2. The number of nitrogen functional groups attached to an aromatic ring is 1. The molecule has 1 aliphatic heterocycles. The van der Waals surface area contributed by atoms with Gasteiger partial charge in [0.1, 0.15) is 17.4 Å². The average molecular weight is 407 g/mol. The standard InChI is InChI=1S/C22H22FN5O2/c1-13-2-4-15(17(23)10-13)21(30)14-3-5-19(29)16(11-14)18-12-20(27-22(24)26-18)28-8-6-25-7-9-28/h2-5,10-12,25,29H,6-9H2,1H3,(H2,24,26,27). The fourth-order valence-corrected chi connectivity index (χ4v) is 3.49. The Labute approximate surface area is 173 Å². The van der Waals surface area contributed by atoms with Crippen LogP contribution in [-0.2, 0) is 0 Å². The van der Waals surface area contributed by atoms with Crippen LogP contribution in [0.1, 0.15) is 21.5 Å². The van der Waals surface area contributed by atoms with Crippen molar-refractivity contribution in [3.8, 4) is 17.0 Å². The summed E-state index contributed by atoms with van der Waals surface area (Å²) in [6.45, 7) is 4.96. The van der Waals surface area contributed by atoms with Gasteiger partial charge in [0.15, 0.2) is 5.78 Å². The molecule has 8 heteroatoms. The maximum absolute atomic E-state index is 14.3. The number of anilines is 2. The SMILES string of the molecule is Cc1ccc(C(=O)c2ccc(O)c(-c3cc(N4CCNCC4)nc(N)n3)c2)c(F)c1. The van der Waals surface area contributed by atoms with Crippen LogP contribution < -0.4 is 16.0 Å². The van der Waals surface area contributed by atoms with E-state index in [9.17, 15) is 14.3 Å². The van der Waals surface area contributed by atoms with Gasteiger partial charge in [0, 0.05) is 43.4 Å². The van der Waals surface area contributed by atoms with Gasteiger partial charge in [-0.1, -0.05) is 6.07 Å². The molecule has 154 valence electrons. The van der Waals surface area contributed by atoms with Crippen LogP contribution in [0.4, 0.5) is 16.2 Å². The molecule has 7 nitrogen and oxygen atoms in total. The van der Waals surface area contributed by atoms with Crippen molar-refractivity contribution in [2.24, 2.45) is 0 Å². The van der Waals surface area contributed by atoms with E-state index in [4.69, 9.17) is 5.73 Å². The van der Waals surface area contributed by atoms with Gasteiger partial charge in [-0.25, -0.2) is 9.37 Å². The summed E-state index contributed by atoms with van der Waals surface area (Å²) in [6, 6.07) is 10.6. The number of aryl methyl sites for hydroxylation is 1. The lowest BCUT2D eigenvalue weighted by molar-refractivity contribution is 0.103. The minimum atomic E-state index is -0.582. The van der Waals surface area contributed by atoms with Crippen LogP contribution >= 0.6 is 0 Å². The summed E-state index contributed by atoms with van der Waals surface area (Å²) in [7, 11) is 0. The Morgan fingerprint density at radius 1 is 1.13 bits per heavy atom. The molecule has 0 aliphatic carbocycles. The number of carbonyl (C=O) groups excluding carboxylic acids is 1. The number of nitrogens with one attached hydrogen (secondary N) is 1. The lowest BCUT2D eigenvalue weighted by Gasteiger charge is -2.28. The minimum Gasteiger partial charge on any atom is -0.507 e. The molecule has 1 fully saturated rings. The van der Waals surface area contributed by atoms with Crippen LogP contribution in [0.5, 0.6) is 5.75 Å². The van der Waals surface area contributed by atoms with Crippen LogP contribution in [0.2, 0.25) is 0 Å². The normalized spacial score (nSPS) is 14.0. The molecule has 0 saturated carbocycles. The number of ketones is 1. The third-order valence-corrected chi connectivity index (χ3v) is 5.07. The van der Waals surface area contributed by atoms with Crippen LogP contribution in [-0.4, -0.2) is 47.0 Å². The first-order chi connectivity index (χ1) is 14.4. The maximum atomic E-state index is 14.3. The minimum absolute atomic E-state index is 0.0269. The predicted molar refractivity (Wildman–Crippen MR) is 113 cm³/mol. The van der Waals surface area contributed by atoms with Crippen LogP contribution in [0.3, 0.4) is 0 Å².